The van der Waals surface area contributed by atoms with Crippen molar-refractivity contribution in [1.82, 2.24) is 0 Å². The van der Waals surface area contributed by atoms with Gasteiger partial charge in [0.1, 0.15) is 73.8 Å². The number of benzene rings is 4. The molecule has 4 atom stereocenters. The van der Waals surface area contributed by atoms with Crippen molar-refractivity contribution in [3.05, 3.63) is 72.8 Å². The van der Waals surface area contributed by atoms with Gasteiger partial charge in [-0.05, 0) is 70.1 Å². The van der Waals surface area contributed by atoms with E-state index >= 15 is 0 Å². The zero-order valence-electron chi connectivity index (χ0n) is 24.9. The second-order valence-corrected chi connectivity index (χ2v) is 11.1. The number of hydrogen-bond acceptors (Lipinski definition) is 8. The Labute approximate surface area is 252 Å². The van der Waals surface area contributed by atoms with Crippen LogP contribution < -0.4 is 18.9 Å². The van der Waals surface area contributed by atoms with Gasteiger partial charge in [0.2, 0.25) is 0 Å². The van der Waals surface area contributed by atoms with Crippen LogP contribution in [-0.2, 0) is 18.9 Å². The molecule has 0 aliphatic carbocycles. The van der Waals surface area contributed by atoms with Gasteiger partial charge in [-0.2, -0.15) is 0 Å². The molecule has 8 nitrogen and oxygen atoms in total. The Morgan fingerprint density at radius 1 is 0.442 bits per heavy atom. The van der Waals surface area contributed by atoms with Crippen molar-refractivity contribution in [2.45, 2.75) is 44.7 Å². The Morgan fingerprint density at radius 2 is 0.674 bits per heavy atom. The van der Waals surface area contributed by atoms with Gasteiger partial charge in [-0.3, -0.25) is 0 Å². The van der Waals surface area contributed by atoms with E-state index in [0.29, 0.717) is 26.4 Å². The van der Waals surface area contributed by atoms with E-state index in [1.54, 1.807) is 0 Å². The van der Waals surface area contributed by atoms with Gasteiger partial charge in [-0.15, -0.1) is 0 Å². The van der Waals surface area contributed by atoms with E-state index in [1.807, 2.05) is 48.5 Å². The summed E-state index contributed by atoms with van der Waals surface area (Å²) in [4.78, 5) is 0. The van der Waals surface area contributed by atoms with E-state index in [1.165, 1.54) is 17.2 Å². The Balaban J connectivity index is 0.000000141. The molecule has 0 amide bonds. The van der Waals surface area contributed by atoms with E-state index in [2.05, 4.69) is 38.1 Å². The number of hydrogen-bond donors (Lipinski definition) is 0. The minimum Gasteiger partial charge on any atom is -0.491 e. The molecule has 4 aliphatic rings. The van der Waals surface area contributed by atoms with Crippen LogP contribution in [0, 0.1) is 0 Å². The summed E-state index contributed by atoms with van der Waals surface area (Å²) in [6, 6.07) is 24.4. The molecule has 0 bridgehead atoms. The SMILES string of the molecule is CCC.c1cc2ccc(OCC3CO3)cc2cc1OCC1CO1.c1cc2ccc(OCC3CO3)cc2cc1OCC1CO1. The lowest BCUT2D eigenvalue weighted by Gasteiger charge is -2.08. The minimum absolute atomic E-state index is 0.277. The van der Waals surface area contributed by atoms with E-state index < -0.39 is 0 Å². The van der Waals surface area contributed by atoms with E-state index in [9.17, 15) is 0 Å². The van der Waals surface area contributed by atoms with Crippen LogP contribution in [0.1, 0.15) is 20.3 Å². The monoisotopic (exact) mass is 588 g/mol. The van der Waals surface area contributed by atoms with Crippen LogP contribution in [0.5, 0.6) is 23.0 Å². The molecule has 4 aromatic carbocycles. The molecule has 8 rings (SSSR count). The van der Waals surface area contributed by atoms with Crippen LogP contribution >= 0.6 is 0 Å². The highest BCUT2D eigenvalue weighted by atomic mass is 16.6. The zero-order valence-corrected chi connectivity index (χ0v) is 24.9. The van der Waals surface area contributed by atoms with Gasteiger partial charge in [0, 0.05) is 0 Å². The fraction of sp³-hybridized carbons (Fsp3) is 0.429. The summed E-state index contributed by atoms with van der Waals surface area (Å²) in [5.74, 6) is 3.48. The van der Waals surface area contributed by atoms with Crippen molar-refractivity contribution in [2.75, 3.05) is 52.9 Å². The summed E-state index contributed by atoms with van der Waals surface area (Å²) in [7, 11) is 0. The first-order valence-electron chi connectivity index (χ1n) is 15.2. The lowest BCUT2D eigenvalue weighted by molar-refractivity contribution is 0.262. The van der Waals surface area contributed by atoms with Crippen LogP contribution in [0.4, 0.5) is 0 Å². The maximum atomic E-state index is 5.70. The van der Waals surface area contributed by atoms with E-state index in [0.717, 1.165) is 60.2 Å². The largest absolute Gasteiger partial charge is 0.491 e. The maximum absolute atomic E-state index is 5.70. The number of epoxide rings is 4. The fourth-order valence-electron chi connectivity index (χ4n) is 4.18. The van der Waals surface area contributed by atoms with Crippen LogP contribution in [-0.4, -0.2) is 77.3 Å². The first-order valence-corrected chi connectivity index (χ1v) is 15.2. The van der Waals surface area contributed by atoms with Crippen molar-refractivity contribution in [2.24, 2.45) is 0 Å². The van der Waals surface area contributed by atoms with Crippen molar-refractivity contribution in [3.63, 3.8) is 0 Å². The predicted octanol–water partition coefficient (Wildman–Crippen LogP) is 6.21. The van der Waals surface area contributed by atoms with E-state index in [-0.39, 0.29) is 24.4 Å². The zero-order chi connectivity index (χ0) is 29.4. The molecule has 4 aliphatic heterocycles. The van der Waals surface area contributed by atoms with Crippen molar-refractivity contribution >= 4 is 21.5 Å². The summed E-state index contributed by atoms with van der Waals surface area (Å²) >= 11 is 0. The van der Waals surface area contributed by atoms with Crippen LogP contribution in [0.2, 0.25) is 0 Å². The average molecular weight is 589 g/mol. The molecule has 43 heavy (non-hydrogen) atoms. The van der Waals surface area contributed by atoms with Gasteiger partial charge in [0.05, 0.1) is 26.4 Å². The molecular weight excluding hydrogens is 548 g/mol. The van der Waals surface area contributed by atoms with Crippen LogP contribution in [0.15, 0.2) is 72.8 Å². The summed E-state index contributed by atoms with van der Waals surface area (Å²) in [5.41, 5.74) is 0. The highest BCUT2D eigenvalue weighted by Crippen LogP contribution is 2.28. The van der Waals surface area contributed by atoms with Crippen molar-refractivity contribution in [3.8, 4) is 23.0 Å². The van der Waals surface area contributed by atoms with Gasteiger partial charge in [-0.1, -0.05) is 44.5 Å². The molecule has 4 unspecified atom stereocenters. The van der Waals surface area contributed by atoms with Crippen molar-refractivity contribution < 1.29 is 37.9 Å². The van der Waals surface area contributed by atoms with Gasteiger partial charge in [0.25, 0.3) is 0 Å². The second kappa shape index (κ2) is 14.3. The van der Waals surface area contributed by atoms with Gasteiger partial charge in [0.15, 0.2) is 0 Å². The maximum Gasteiger partial charge on any atom is 0.120 e. The standard InChI is InChI=1S/2C16H16O4.C3H8/c2*1-3-13(17-7-15-9-19-15)5-12-6-14(4-2-11(1)12)18-8-16-10-20-16;1-3-2/h2*1-6,15-16H,7-10H2;3H2,1-2H3. The van der Waals surface area contributed by atoms with Gasteiger partial charge >= 0.3 is 0 Å². The smallest absolute Gasteiger partial charge is 0.120 e. The molecule has 0 saturated carbocycles. The third-order valence-electron chi connectivity index (χ3n) is 6.92. The quantitative estimate of drug-likeness (QED) is 0.181. The normalized spacial score (nSPS) is 22.4. The third kappa shape index (κ3) is 9.73. The Hall–Kier alpha value is -3.56. The van der Waals surface area contributed by atoms with Crippen LogP contribution in [0.3, 0.4) is 0 Å². The number of ether oxygens (including phenoxy) is 8. The number of fused-ring (bicyclic) bond motifs is 2. The molecule has 4 heterocycles. The summed E-state index contributed by atoms with van der Waals surface area (Å²) in [5, 5.41) is 4.59. The Kier molecular flexibility index (Phi) is 9.80. The van der Waals surface area contributed by atoms with Crippen LogP contribution in [0.25, 0.3) is 21.5 Å². The Bertz CT molecular complexity index is 1260. The molecule has 0 aromatic heterocycles. The molecule has 4 aromatic rings. The molecule has 8 heteroatoms. The van der Waals surface area contributed by atoms with Gasteiger partial charge in [-0.25, -0.2) is 0 Å². The lowest BCUT2D eigenvalue weighted by atomic mass is 10.1. The first-order chi connectivity index (χ1) is 21.1. The fourth-order valence-corrected chi connectivity index (χ4v) is 4.18. The number of rotatable bonds is 12. The summed E-state index contributed by atoms with van der Waals surface area (Å²) < 4.78 is 43.4. The predicted molar refractivity (Wildman–Crippen MR) is 165 cm³/mol. The van der Waals surface area contributed by atoms with E-state index in [4.69, 9.17) is 37.9 Å². The molecule has 4 fully saturated rings. The highest BCUT2D eigenvalue weighted by Gasteiger charge is 2.25. The molecule has 0 spiro atoms. The first kappa shape index (κ1) is 29.5. The third-order valence-corrected chi connectivity index (χ3v) is 6.92. The molecule has 228 valence electrons. The lowest BCUT2D eigenvalue weighted by Crippen LogP contribution is -2.04. The summed E-state index contributed by atoms with van der Waals surface area (Å²) in [6.07, 6.45) is 2.36. The molecule has 4 saturated heterocycles. The second-order valence-electron chi connectivity index (χ2n) is 11.1. The topological polar surface area (TPSA) is 87.0 Å². The Morgan fingerprint density at radius 3 is 0.884 bits per heavy atom. The highest BCUT2D eigenvalue weighted by molar-refractivity contribution is 5.86. The average Bonchev–Trinajstić information content (AvgIpc) is 3.84. The minimum atomic E-state index is 0.277. The molecular formula is C35H40O8. The van der Waals surface area contributed by atoms with Crippen molar-refractivity contribution in [1.29, 1.82) is 0 Å². The van der Waals surface area contributed by atoms with Gasteiger partial charge < -0.3 is 37.9 Å². The molecule has 0 N–H and O–H groups in total. The summed E-state index contributed by atoms with van der Waals surface area (Å²) in [6.45, 7) is 10.0. The molecule has 0 radical (unpaired) electrons.